The van der Waals surface area contributed by atoms with Crippen molar-refractivity contribution in [3.63, 3.8) is 0 Å². The zero-order valence-electron chi connectivity index (χ0n) is 11.4. The molecule has 3 unspecified atom stereocenters. The summed E-state index contributed by atoms with van der Waals surface area (Å²) in [5.41, 5.74) is 3.02. The lowest BCUT2D eigenvalue weighted by molar-refractivity contribution is 0.429. The van der Waals surface area contributed by atoms with Gasteiger partial charge in [0.1, 0.15) is 0 Å². The number of benzene rings is 1. The Morgan fingerprint density at radius 2 is 1.88 bits per heavy atom. The quantitative estimate of drug-likeness (QED) is 0.832. The van der Waals surface area contributed by atoms with E-state index in [0.29, 0.717) is 6.04 Å². The molecule has 0 spiro atoms. The molecule has 0 saturated heterocycles. The molecule has 3 atom stereocenters. The van der Waals surface area contributed by atoms with Crippen molar-refractivity contribution in [3.8, 4) is 0 Å². The molecule has 2 rings (SSSR count). The lowest BCUT2D eigenvalue weighted by atomic mass is 9.88. The average molecular weight is 231 g/mol. The van der Waals surface area contributed by atoms with Gasteiger partial charge in [-0.3, -0.25) is 0 Å². The number of rotatable bonds is 4. The molecule has 1 aliphatic carbocycles. The van der Waals surface area contributed by atoms with Crippen LogP contribution >= 0.6 is 0 Å². The summed E-state index contributed by atoms with van der Waals surface area (Å²) in [4.78, 5) is 0. The molecule has 1 saturated carbocycles. The molecule has 1 N–H and O–H groups in total. The van der Waals surface area contributed by atoms with Crippen molar-refractivity contribution >= 4 is 0 Å². The van der Waals surface area contributed by atoms with Gasteiger partial charge < -0.3 is 5.32 Å². The summed E-state index contributed by atoms with van der Waals surface area (Å²) in [7, 11) is 2.09. The first-order valence-electron chi connectivity index (χ1n) is 7.02. The van der Waals surface area contributed by atoms with Gasteiger partial charge in [-0.1, -0.05) is 44.5 Å². The third-order valence-corrected chi connectivity index (χ3v) is 4.38. The van der Waals surface area contributed by atoms with Gasteiger partial charge in [0, 0.05) is 6.04 Å². The van der Waals surface area contributed by atoms with Crippen LogP contribution in [0.1, 0.15) is 50.2 Å². The van der Waals surface area contributed by atoms with Crippen molar-refractivity contribution in [3.05, 3.63) is 35.4 Å². The maximum atomic E-state index is 3.45. The molecule has 0 aromatic heterocycles. The van der Waals surface area contributed by atoms with Gasteiger partial charge in [-0.2, -0.15) is 0 Å². The van der Waals surface area contributed by atoms with E-state index in [4.69, 9.17) is 0 Å². The summed E-state index contributed by atoms with van der Waals surface area (Å²) in [6.45, 7) is 4.63. The molecule has 0 bridgehead atoms. The Morgan fingerprint density at radius 3 is 2.41 bits per heavy atom. The van der Waals surface area contributed by atoms with Gasteiger partial charge in [-0.25, -0.2) is 0 Å². The predicted octanol–water partition coefficient (Wildman–Crippen LogP) is 3.74. The summed E-state index contributed by atoms with van der Waals surface area (Å²) in [5.74, 6) is 1.51. The van der Waals surface area contributed by atoms with E-state index in [1.807, 2.05) is 0 Å². The normalized spacial score (nSPS) is 28.5. The minimum Gasteiger partial charge on any atom is -0.317 e. The lowest BCUT2D eigenvalue weighted by Gasteiger charge is -2.20. The number of aryl methyl sites for hydroxylation is 1. The van der Waals surface area contributed by atoms with Gasteiger partial charge in [0.2, 0.25) is 0 Å². The topological polar surface area (TPSA) is 12.0 Å². The van der Waals surface area contributed by atoms with Gasteiger partial charge in [0.05, 0.1) is 0 Å². The fraction of sp³-hybridized carbons (Fsp3) is 0.625. The first-order valence-corrected chi connectivity index (χ1v) is 7.02. The molecule has 1 aromatic carbocycles. The van der Waals surface area contributed by atoms with E-state index in [2.05, 4.69) is 50.5 Å². The highest BCUT2D eigenvalue weighted by Crippen LogP contribution is 2.39. The van der Waals surface area contributed by atoms with Crippen LogP contribution in [0.3, 0.4) is 0 Å². The smallest absolute Gasteiger partial charge is 0.00957 e. The fourth-order valence-corrected chi connectivity index (χ4v) is 3.26. The summed E-state index contributed by atoms with van der Waals surface area (Å²) < 4.78 is 0. The summed E-state index contributed by atoms with van der Waals surface area (Å²) >= 11 is 0. The van der Waals surface area contributed by atoms with Crippen molar-refractivity contribution in [2.45, 2.75) is 51.5 Å². The third-order valence-electron chi connectivity index (χ3n) is 4.38. The molecule has 0 amide bonds. The molecule has 1 aromatic rings. The van der Waals surface area contributed by atoms with E-state index in [0.717, 1.165) is 11.8 Å². The van der Waals surface area contributed by atoms with E-state index in [-0.39, 0.29) is 0 Å². The largest absolute Gasteiger partial charge is 0.317 e. The first-order chi connectivity index (χ1) is 8.26. The Morgan fingerprint density at radius 1 is 1.18 bits per heavy atom. The van der Waals surface area contributed by atoms with Crippen molar-refractivity contribution in [2.75, 3.05) is 7.05 Å². The van der Waals surface area contributed by atoms with Crippen LogP contribution in [0.25, 0.3) is 0 Å². The first kappa shape index (κ1) is 12.6. The molecule has 1 heteroatoms. The SMILES string of the molecule is CCCc1ccc(C2CCC(NC)C2C)cc1. The highest BCUT2D eigenvalue weighted by atomic mass is 14.9. The van der Waals surface area contributed by atoms with Crippen LogP contribution in [0, 0.1) is 5.92 Å². The molecule has 17 heavy (non-hydrogen) atoms. The molecular weight excluding hydrogens is 206 g/mol. The molecule has 1 nitrogen and oxygen atoms in total. The molecule has 0 radical (unpaired) electrons. The zero-order chi connectivity index (χ0) is 12.3. The van der Waals surface area contributed by atoms with Gasteiger partial charge in [0.25, 0.3) is 0 Å². The van der Waals surface area contributed by atoms with Crippen LogP contribution in [0.2, 0.25) is 0 Å². The Balaban J connectivity index is 2.07. The van der Waals surface area contributed by atoms with Gasteiger partial charge in [-0.15, -0.1) is 0 Å². The molecule has 0 aliphatic heterocycles. The number of hydrogen-bond acceptors (Lipinski definition) is 1. The second kappa shape index (κ2) is 5.68. The second-order valence-electron chi connectivity index (χ2n) is 5.43. The predicted molar refractivity (Wildman–Crippen MR) is 74.4 cm³/mol. The van der Waals surface area contributed by atoms with Crippen LogP contribution in [-0.4, -0.2) is 13.1 Å². The van der Waals surface area contributed by atoms with Crippen molar-refractivity contribution in [1.29, 1.82) is 0 Å². The van der Waals surface area contributed by atoms with E-state index in [9.17, 15) is 0 Å². The Labute approximate surface area is 106 Å². The van der Waals surface area contributed by atoms with E-state index in [1.54, 1.807) is 0 Å². The highest BCUT2D eigenvalue weighted by molar-refractivity contribution is 5.27. The van der Waals surface area contributed by atoms with Crippen LogP contribution in [0.5, 0.6) is 0 Å². The maximum Gasteiger partial charge on any atom is 0.00957 e. The van der Waals surface area contributed by atoms with E-state index >= 15 is 0 Å². The second-order valence-corrected chi connectivity index (χ2v) is 5.43. The summed E-state index contributed by atoms with van der Waals surface area (Å²) in [6.07, 6.45) is 5.10. The van der Waals surface area contributed by atoms with Gasteiger partial charge in [-0.05, 0) is 49.3 Å². The number of hydrogen-bond donors (Lipinski definition) is 1. The molecule has 94 valence electrons. The van der Waals surface area contributed by atoms with Crippen LogP contribution in [-0.2, 0) is 6.42 Å². The highest BCUT2D eigenvalue weighted by Gasteiger charge is 2.32. The Hall–Kier alpha value is -0.820. The Kier molecular flexibility index (Phi) is 4.22. The minimum absolute atomic E-state index is 0.704. The van der Waals surface area contributed by atoms with Gasteiger partial charge in [0.15, 0.2) is 0 Å². The minimum atomic E-state index is 0.704. The molecule has 1 aliphatic rings. The molecule has 0 heterocycles. The maximum absolute atomic E-state index is 3.45. The average Bonchev–Trinajstić information content (AvgIpc) is 2.72. The monoisotopic (exact) mass is 231 g/mol. The van der Waals surface area contributed by atoms with Crippen molar-refractivity contribution in [1.82, 2.24) is 5.32 Å². The fourth-order valence-electron chi connectivity index (χ4n) is 3.26. The zero-order valence-corrected chi connectivity index (χ0v) is 11.4. The Bertz CT molecular complexity index is 341. The van der Waals surface area contributed by atoms with Crippen LogP contribution in [0.15, 0.2) is 24.3 Å². The molecular formula is C16H25N. The van der Waals surface area contributed by atoms with Crippen molar-refractivity contribution in [2.24, 2.45) is 5.92 Å². The van der Waals surface area contributed by atoms with Gasteiger partial charge >= 0.3 is 0 Å². The van der Waals surface area contributed by atoms with Crippen LogP contribution < -0.4 is 5.32 Å². The standard InChI is InChI=1S/C16H25N/c1-4-5-13-6-8-14(9-7-13)15-10-11-16(17-3)12(15)2/h6-9,12,15-17H,4-5,10-11H2,1-3H3. The molecule has 1 fully saturated rings. The lowest BCUT2D eigenvalue weighted by Crippen LogP contribution is -2.28. The van der Waals surface area contributed by atoms with Crippen LogP contribution in [0.4, 0.5) is 0 Å². The number of nitrogens with one attached hydrogen (secondary N) is 1. The van der Waals surface area contributed by atoms with E-state index in [1.165, 1.54) is 36.8 Å². The van der Waals surface area contributed by atoms with E-state index < -0.39 is 0 Å². The summed E-state index contributed by atoms with van der Waals surface area (Å²) in [5, 5.41) is 3.45. The third kappa shape index (κ3) is 2.71. The van der Waals surface area contributed by atoms with Crippen molar-refractivity contribution < 1.29 is 0 Å². The summed E-state index contributed by atoms with van der Waals surface area (Å²) in [6, 6.07) is 10.0.